The van der Waals surface area contributed by atoms with Gasteiger partial charge in [-0.15, -0.1) is 0 Å². The first kappa shape index (κ1) is 17.1. The van der Waals surface area contributed by atoms with Crippen molar-refractivity contribution in [2.45, 2.75) is 50.3 Å². The molecule has 1 fully saturated rings. The summed E-state index contributed by atoms with van der Waals surface area (Å²) in [5.74, 6) is 0.632. The molecule has 0 bridgehead atoms. The molecule has 1 aliphatic rings. The van der Waals surface area contributed by atoms with Crippen LogP contribution in [-0.4, -0.2) is 24.7 Å². The maximum atomic E-state index is 10.5. The van der Waals surface area contributed by atoms with Gasteiger partial charge in [-0.1, -0.05) is 43.4 Å². The van der Waals surface area contributed by atoms with Crippen LogP contribution in [0.3, 0.4) is 0 Å². The van der Waals surface area contributed by atoms with Crippen molar-refractivity contribution in [2.75, 3.05) is 6.61 Å². The number of aliphatic hydroxyl groups excluding tert-OH is 1. The maximum absolute atomic E-state index is 10.5. The lowest BCUT2D eigenvalue weighted by Crippen LogP contribution is -2.03. The van der Waals surface area contributed by atoms with E-state index >= 15 is 0 Å². The van der Waals surface area contributed by atoms with E-state index in [0.717, 1.165) is 5.56 Å². The van der Waals surface area contributed by atoms with Crippen LogP contribution in [0, 0.1) is 12.8 Å². The van der Waals surface area contributed by atoms with Crippen molar-refractivity contribution in [1.82, 2.24) is 0 Å². The van der Waals surface area contributed by atoms with Crippen LogP contribution in [0.5, 0.6) is 0 Å². The standard InChI is InChI=1S/C8H16O.C7H8O3S/c9-7-8-5-3-1-2-4-6-8;1-6-2-4-7(5-3-6)11(8,9)10/h8-9H,1-7H2;2-5H,1H3,(H,8,9,10). The normalized spacial score (nSPS) is 16.9. The molecule has 2 N–H and O–H groups in total. The highest BCUT2D eigenvalue weighted by Gasteiger charge is 2.09. The van der Waals surface area contributed by atoms with Crippen LogP contribution < -0.4 is 0 Å². The SMILES string of the molecule is Cc1ccc(S(=O)(=O)O)cc1.OCC1CCCCCC1. The Morgan fingerprint density at radius 3 is 1.95 bits per heavy atom. The fraction of sp³-hybridized carbons (Fsp3) is 0.600. The van der Waals surface area contributed by atoms with E-state index in [9.17, 15) is 8.42 Å². The summed E-state index contributed by atoms with van der Waals surface area (Å²) in [7, 11) is -4.02. The zero-order valence-corrected chi connectivity index (χ0v) is 12.8. The van der Waals surface area contributed by atoms with Crippen LogP contribution >= 0.6 is 0 Å². The molecule has 0 radical (unpaired) electrons. The lowest BCUT2D eigenvalue weighted by atomic mass is 10.0. The van der Waals surface area contributed by atoms with Gasteiger partial charge in [0.1, 0.15) is 0 Å². The van der Waals surface area contributed by atoms with Gasteiger partial charge in [-0.25, -0.2) is 0 Å². The zero-order chi connectivity index (χ0) is 15.0. The van der Waals surface area contributed by atoms with Crippen molar-refractivity contribution in [2.24, 2.45) is 5.92 Å². The van der Waals surface area contributed by atoms with Gasteiger partial charge >= 0.3 is 0 Å². The third kappa shape index (κ3) is 6.50. The first-order chi connectivity index (χ1) is 9.43. The molecule has 0 amide bonds. The molecule has 0 spiro atoms. The van der Waals surface area contributed by atoms with Crippen LogP contribution in [0.25, 0.3) is 0 Å². The minimum Gasteiger partial charge on any atom is -0.396 e. The highest BCUT2D eigenvalue weighted by molar-refractivity contribution is 7.85. The summed E-state index contributed by atoms with van der Waals surface area (Å²) >= 11 is 0. The van der Waals surface area contributed by atoms with Gasteiger partial charge in [0.2, 0.25) is 0 Å². The van der Waals surface area contributed by atoms with Crippen molar-refractivity contribution in [3.05, 3.63) is 29.8 Å². The van der Waals surface area contributed by atoms with Gasteiger partial charge in [0.25, 0.3) is 10.1 Å². The number of rotatable bonds is 2. The minimum atomic E-state index is -4.02. The van der Waals surface area contributed by atoms with Gasteiger partial charge in [0, 0.05) is 6.61 Å². The molecule has 1 saturated carbocycles. The van der Waals surface area contributed by atoms with E-state index in [1.54, 1.807) is 12.1 Å². The Morgan fingerprint density at radius 2 is 1.55 bits per heavy atom. The van der Waals surface area contributed by atoms with E-state index in [1.807, 2.05) is 6.92 Å². The van der Waals surface area contributed by atoms with Crippen molar-refractivity contribution in [1.29, 1.82) is 0 Å². The van der Waals surface area contributed by atoms with E-state index in [-0.39, 0.29) is 4.90 Å². The Morgan fingerprint density at radius 1 is 1.05 bits per heavy atom. The molecule has 0 unspecified atom stereocenters. The largest absolute Gasteiger partial charge is 0.396 e. The van der Waals surface area contributed by atoms with Crippen LogP contribution in [0.15, 0.2) is 29.2 Å². The summed E-state index contributed by atoms with van der Waals surface area (Å²) in [5.41, 5.74) is 0.956. The fourth-order valence-electron chi connectivity index (χ4n) is 2.26. The second kappa shape index (κ2) is 8.39. The molecule has 20 heavy (non-hydrogen) atoms. The second-order valence-corrected chi connectivity index (χ2v) is 6.75. The Bertz CT molecular complexity index is 471. The van der Waals surface area contributed by atoms with Gasteiger partial charge in [0.05, 0.1) is 4.90 Å². The summed E-state index contributed by atoms with van der Waals surface area (Å²) in [5, 5.41) is 8.82. The van der Waals surface area contributed by atoms with E-state index in [1.165, 1.54) is 50.7 Å². The number of aliphatic hydroxyl groups is 1. The van der Waals surface area contributed by atoms with Crippen molar-refractivity contribution in [3.8, 4) is 0 Å². The van der Waals surface area contributed by atoms with Crippen LogP contribution in [-0.2, 0) is 10.1 Å². The highest BCUT2D eigenvalue weighted by Crippen LogP contribution is 2.21. The average Bonchev–Trinajstić information content (AvgIpc) is 2.67. The summed E-state index contributed by atoms with van der Waals surface area (Å²) in [4.78, 5) is -0.0666. The molecule has 1 aromatic carbocycles. The smallest absolute Gasteiger partial charge is 0.294 e. The lowest BCUT2D eigenvalue weighted by molar-refractivity contribution is 0.212. The Hall–Kier alpha value is -0.910. The molecule has 5 heteroatoms. The van der Waals surface area contributed by atoms with Crippen LogP contribution in [0.4, 0.5) is 0 Å². The molecule has 1 aliphatic carbocycles. The predicted molar refractivity (Wildman–Crippen MR) is 79.3 cm³/mol. The highest BCUT2D eigenvalue weighted by atomic mass is 32.2. The third-order valence-electron chi connectivity index (χ3n) is 3.55. The average molecular weight is 300 g/mol. The summed E-state index contributed by atoms with van der Waals surface area (Å²) < 4.78 is 29.6. The maximum Gasteiger partial charge on any atom is 0.294 e. The van der Waals surface area contributed by atoms with Gasteiger partial charge in [-0.3, -0.25) is 4.55 Å². The minimum absolute atomic E-state index is 0.0666. The molecule has 0 saturated heterocycles. The number of aryl methyl sites for hydroxylation is 1. The van der Waals surface area contributed by atoms with E-state index in [2.05, 4.69) is 0 Å². The van der Waals surface area contributed by atoms with Gasteiger partial charge < -0.3 is 5.11 Å². The van der Waals surface area contributed by atoms with E-state index in [4.69, 9.17) is 9.66 Å². The molecule has 0 atom stereocenters. The van der Waals surface area contributed by atoms with Crippen LogP contribution in [0.2, 0.25) is 0 Å². The molecule has 2 rings (SSSR count). The Balaban J connectivity index is 0.000000204. The van der Waals surface area contributed by atoms with E-state index in [0.29, 0.717) is 12.5 Å². The van der Waals surface area contributed by atoms with Gasteiger partial charge in [0.15, 0.2) is 0 Å². The second-order valence-electron chi connectivity index (χ2n) is 5.33. The molecule has 4 nitrogen and oxygen atoms in total. The van der Waals surface area contributed by atoms with Crippen molar-refractivity contribution >= 4 is 10.1 Å². The molecule has 1 aromatic rings. The van der Waals surface area contributed by atoms with E-state index < -0.39 is 10.1 Å². The molecular weight excluding hydrogens is 276 g/mol. The summed E-state index contributed by atoms with van der Waals surface area (Å²) in [6.45, 7) is 2.26. The topological polar surface area (TPSA) is 74.6 Å². The fourth-order valence-corrected chi connectivity index (χ4v) is 2.74. The Labute approximate surface area is 121 Å². The summed E-state index contributed by atoms with van der Waals surface area (Å²) in [6.07, 6.45) is 7.97. The zero-order valence-electron chi connectivity index (χ0n) is 12.0. The van der Waals surface area contributed by atoms with Gasteiger partial charge in [-0.05, 0) is 37.8 Å². The predicted octanol–water partition coefficient (Wildman–Crippen LogP) is 3.19. The quantitative estimate of drug-likeness (QED) is 0.650. The molecule has 114 valence electrons. The molecule has 0 aliphatic heterocycles. The molecule has 0 aromatic heterocycles. The molecule has 0 heterocycles. The van der Waals surface area contributed by atoms with Gasteiger partial charge in [-0.2, -0.15) is 8.42 Å². The monoisotopic (exact) mass is 300 g/mol. The molecular formula is C15H24O4S. The number of hydrogen-bond donors (Lipinski definition) is 2. The number of hydrogen-bond acceptors (Lipinski definition) is 3. The third-order valence-corrected chi connectivity index (χ3v) is 4.42. The Kier molecular flexibility index (Phi) is 7.19. The first-order valence-corrected chi connectivity index (χ1v) is 8.52. The van der Waals surface area contributed by atoms with Crippen LogP contribution in [0.1, 0.15) is 44.1 Å². The summed E-state index contributed by atoms with van der Waals surface area (Å²) in [6, 6.07) is 5.99. The lowest BCUT2D eigenvalue weighted by Gasteiger charge is -2.07. The van der Waals surface area contributed by atoms with Crippen molar-refractivity contribution in [3.63, 3.8) is 0 Å². The number of benzene rings is 1. The van der Waals surface area contributed by atoms with Crippen molar-refractivity contribution < 1.29 is 18.1 Å². The first-order valence-electron chi connectivity index (χ1n) is 7.08.